The van der Waals surface area contributed by atoms with E-state index >= 15 is 0 Å². The lowest BCUT2D eigenvalue weighted by Crippen LogP contribution is -2.26. The van der Waals surface area contributed by atoms with E-state index in [4.69, 9.17) is 16.6 Å². The molecule has 0 aliphatic rings. The Morgan fingerprint density at radius 3 is 2.75 bits per heavy atom. The maximum atomic E-state index is 12.5. The van der Waals surface area contributed by atoms with E-state index in [2.05, 4.69) is 31.7 Å². The monoisotopic (exact) mass is 529 g/mol. The third-order valence-corrected chi connectivity index (χ3v) is 6.56. The van der Waals surface area contributed by atoms with Crippen LogP contribution in [0, 0.1) is 0 Å². The lowest BCUT2D eigenvalue weighted by atomic mass is 10.1. The fraction of sp³-hybridized carbons (Fsp3) is 0.174. The Morgan fingerprint density at radius 1 is 1.16 bits per heavy atom. The molecule has 2 aromatic carbocycles. The van der Waals surface area contributed by atoms with Crippen molar-refractivity contribution >= 4 is 56.7 Å². The van der Waals surface area contributed by atoms with Gasteiger partial charge in [0.2, 0.25) is 0 Å². The van der Waals surface area contributed by atoms with Gasteiger partial charge in [0.25, 0.3) is 5.91 Å². The molecule has 32 heavy (non-hydrogen) atoms. The first-order valence-electron chi connectivity index (χ1n) is 10.0. The molecule has 0 aliphatic carbocycles. The fourth-order valence-electron chi connectivity index (χ4n) is 3.30. The second-order valence-electron chi connectivity index (χ2n) is 6.97. The summed E-state index contributed by atoms with van der Waals surface area (Å²) < 4.78 is 2.55. The van der Waals surface area contributed by atoms with Crippen LogP contribution in [-0.2, 0) is 0 Å². The molecule has 0 bridgehead atoms. The number of nitrogens with zero attached hydrogens (tertiary/aromatic N) is 3. The number of carbonyl (C=O) groups excluding carboxylic acids is 1. The number of halogens is 2. The maximum absolute atomic E-state index is 12.5. The Bertz CT molecular complexity index is 1260. The van der Waals surface area contributed by atoms with Crippen molar-refractivity contribution in [3.8, 4) is 11.3 Å². The van der Waals surface area contributed by atoms with Crippen LogP contribution in [-0.4, -0.2) is 39.9 Å². The number of fused-ring (bicyclic) bond motifs is 1. The van der Waals surface area contributed by atoms with Gasteiger partial charge < -0.3 is 10.6 Å². The molecule has 0 atom stereocenters. The third-order valence-electron chi connectivity index (χ3n) is 4.88. The molecule has 9 heteroatoms. The molecule has 2 N–H and O–H groups in total. The van der Waals surface area contributed by atoms with E-state index in [1.807, 2.05) is 60.9 Å². The molecule has 164 valence electrons. The molecule has 6 nitrogen and oxygen atoms in total. The molecule has 4 aromatic rings. The van der Waals surface area contributed by atoms with Crippen LogP contribution < -0.4 is 10.6 Å². The molecule has 1 amide bonds. The molecule has 0 radical (unpaired) electrons. The van der Waals surface area contributed by atoms with Gasteiger partial charge in [-0.15, -0.1) is 11.8 Å². The van der Waals surface area contributed by atoms with E-state index in [0.29, 0.717) is 29.3 Å². The van der Waals surface area contributed by atoms with E-state index < -0.39 is 0 Å². The van der Waals surface area contributed by atoms with Gasteiger partial charge in [0.1, 0.15) is 5.82 Å². The van der Waals surface area contributed by atoms with Gasteiger partial charge in [-0.2, -0.15) is 9.61 Å². The molecule has 0 aliphatic heterocycles. The van der Waals surface area contributed by atoms with E-state index in [1.54, 1.807) is 22.5 Å². The van der Waals surface area contributed by atoms with Gasteiger partial charge in [0, 0.05) is 34.6 Å². The summed E-state index contributed by atoms with van der Waals surface area (Å²) in [6.45, 7) is 1.21. The zero-order valence-electron chi connectivity index (χ0n) is 17.3. The van der Waals surface area contributed by atoms with Crippen molar-refractivity contribution in [2.75, 3.05) is 24.7 Å². The Balaban J connectivity index is 1.43. The van der Waals surface area contributed by atoms with Crippen molar-refractivity contribution in [1.29, 1.82) is 0 Å². The summed E-state index contributed by atoms with van der Waals surface area (Å²) >= 11 is 11.5. The Morgan fingerprint density at radius 2 is 1.94 bits per heavy atom. The number of benzene rings is 2. The number of carbonyl (C=O) groups is 1. The summed E-state index contributed by atoms with van der Waals surface area (Å²) in [6.07, 6.45) is 4.43. The van der Waals surface area contributed by atoms with Crippen LogP contribution in [0.3, 0.4) is 0 Å². The highest BCUT2D eigenvalue weighted by Crippen LogP contribution is 2.30. The maximum Gasteiger partial charge on any atom is 0.252 e. The SMILES string of the molecule is CSc1ccccc1C(=O)NCCCNc1cc(-c2ccccc2Cl)nc2c(Br)cnn12. The van der Waals surface area contributed by atoms with Gasteiger partial charge in [0.05, 0.1) is 21.9 Å². The second-order valence-corrected chi connectivity index (χ2v) is 9.08. The van der Waals surface area contributed by atoms with Crippen molar-refractivity contribution in [2.24, 2.45) is 0 Å². The predicted molar refractivity (Wildman–Crippen MR) is 135 cm³/mol. The van der Waals surface area contributed by atoms with Crippen LogP contribution in [0.4, 0.5) is 5.82 Å². The number of thioether (sulfide) groups is 1. The summed E-state index contributed by atoms with van der Waals surface area (Å²) in [6, 6.07) is 17.2. The topological polar surface area (TPSA) is 71.3 Å². The molecule has 4 rings (SSSR count). The molecule has 0 saturated heterocycles. The summed E-state index contributed by atoms with van der Waals surface area (Å²) in [5.74, 6) is 0.743. The molecule has 2 aromatic heterocycles. The van der Waals surface area contributed by atoms with Crippen LogP contribution in [0.1, 0.15) is 16.8 Å². The van der Waals surface area contributed by atoms with Crippen molar-refractivity contribution in [1.82, 2.24) is 19.9 Å². The molecular weight excluding hydrogens is 510 g/mol. The largest absolute Gasteiger partial charge is 0.370 e. The molecule has 0 spiro atoms. The minimum Gasteiger partial charge on any atom is -0.370 e. The van der Waals surface area contributed by atoms with E-state index in [1.165, 1.54) is 0 Å². The van der Waals surface area contributed by atoms with Gasteiger partial charge in [-0.3, -0.25) is 4.79 Å². The predicted octanol–water partition coefficient (Wildman–Crippen LogP) is 5.77. The summed E-state index contributed by atoms with van der Waals surface area (Å²) in [4.78, 5) is 18.2. The smallest absolute Gasteiger partial charge is 0.252 e. The Hall–Kier alpha value is -2.55. The number of rotatable bonds is 8. The average Bonchev–Trinajstić information content (AvgIpc) is 3.19. The number of anilines is 1. The minimum absolute atomic E-state index is 0.0572. The highest BCUT2D eigenvalue weighted by Gasteiger charge is 2.13. The summed E-state index contributed by atoms with van der Waals surface area (Å²) in [5.41, 5.74) is 3.02. The van der Waals surface area contributed by atoms with Gasteiger partial charge in [-0.05, 0) is 46.8 Å². The Kier molecular flexibility index (Phi) is 7.34. The van der Waals surface area contributed by atoms with Gasteiger partial charge >= 0.3 is 0 Å². The standard InChI is InChI=1S/C23H21BrClN5OS/c1-32-20-10-5-3-8-16(20)23(31)27-12-6-11-26-21-13-19(15-7-2-4-9-18(15)25)29-22-17(24)14-28-30(21)22/h2-5,7-10,13-14,26H,6,11-12H2,1H3,(H,27,31). The van der Waals surface area contributed by atoms with Crippen LogP contribution in [0.5, 0.6) is 0 Å². The van der Waals surface area contributed by atoms with Gasteiger partial charge in [-0.1, -0.05) is 41.9 Å². The van der Waals surface area contributed by atoms with Crippen LogP contribution >= 0.6 is 39.3 Å². The molecule has 0 fully saturated rings. The number of nitrogens with one attached hydrogen (secondary N) is 2. The van der Waals surface area contributed by atoms with Crippen molar-refractivity contribution < 1.29 is 4.79 Å². The third kappa shape index (κ3) is 4.92. The van der Waals surface area contributed by atoms with E-state index in [0.717, 1.165) is 32.9 Å². The highest BCUT2D eigenvalue weighted by molar-refractivity contribution is 9.10. The zero-order chi connectivity index (χ0) is 22.5. The quantitative estimate of drug-likeness (QED) is 0.224. The van der Waals surface area contributed by atoms with E-state index in [9.17, 15) is 4.79 Å². The highest BCUT2D eigenvalue weighted by atomic mass is 79.9. The average molecular weight is 531 g/mol. The van der Waals surface area contributed by atoms with Crippen LogP contribution in [0.15, 0.2) is 70.2 Å². The van der Waals surface area contributed by atoms with Crippen molar-refractivity contribution in [3.63, 3.8) is 0 Å². The van der Waals surface area contributed by atoms with Crippen LogP contribution in [0.2, 0.25) is 5.02 Å². The van der Waals surface area contributed by atoms with Gasteiger partial charge in [0.15, 0.2) is 5.65 Å². The molecule has 2 heterocycles. The zero-order valence-corrected chi connectivity index (χ0v) is 20.5. The van der Waals surface area contributed by atoms with E-state index in [-0.39, 0.29) is 5.91 Å². The molecule has 0 saturated carbocycles. The molecular formula is C23H21BrClN5OS. The first kappa shape index (κ1) is 22.6. The minimum atomic E-state index is -0.0572. The first-order chi connectivity index (χ1) is 15.6. The number of hydrogen-bond acceptors (Lipinski definition) is 5. The summed E-state index contributed by atoms with van der Waals surface area (Å²) in [7, 11) is 0. The van der Waals surface area contributed by atoms with Crippen molar-refractivity contribution in [3.05, 3.63) is 75.9 Å². The van der Waals surface area contributed by atoms with Crippen LogP contribution in [0.25, 0.3) is 16.9 Å². The van der Waals surface area contributed by atoms with Gasteiger partial charge in [-0.25, -0.2) is 4.98 Å². The number of hydrogen-bond donors (Lipinski definition) is 2. The number of aromatic nitrogens is 3. The first-order valence-corrected chi connectivity index (χ1v) is 12.4. The number of amides is 1. The van der Waals surface area contributed by atoms with Crippen molar-refractivity contribution in [2.45, 2.75) is 11.3 Å². The lowest BCUT2D eigenvalue weighted by molar-refractivity contribution is 0.0950. The lowest BCUT2D eigenvalue weighted by Gasteiger charge is -2.12. The molecule has 0 unspecified atom stereocenters. The Labute approximate surface area is 203 Å². The fourth-order valence-corrected chi connectivity index (χ4v) is 4.48. The second kappa shape index (κ2) is 10.4. The normalized spacial score (nSPS) is 11.0. The summed E-state index contributed by atoms with van der Waals surface area (Å²) in [5, 5.41) is 11.4.